The van der Waals surface area contributed by atoms with Crippen LogP contribution in [0.2, 0.25) is 0 Å². The largest absolute Gasteiger partial charge is 0.280 e. The lowest BCUT2D eigenvalue weighted by Crippen LogP contribution is -2.15. The Labute approximate surface area is 158 Å². The molecule has 0 saturated heterocycles. The number of sulfonamides is 1. The molecule has 0 aliphatic heterocycles. The lowest BCUT2D eigenvalue weighted by Gasteiger charge is -2.11. The minimum absolute atomic E-state index is 0.0660. The van der Waals surface area contributed by atoms with E-state index < -0.39 is 14.9 Å². The van der Waals surface area contributed by atoms with Crippen molar-refractivity contribution in [2.24, 2.45) is 0 Å². The zero-order valence-corrected chi connectivity index (χ0v) is 15.9. The van der Waals surface area contributed by atoms with Gasteiger partial charge >= 0.3 is 0 Å². The second-order valence-corrected chi connectivity index (χ2v) is 7.81. The molecule has 12 heteroatoms. The quantitative estimate of drug-likeness (QED) is 0.375. The van der Waals surface area contributed by atoms with E-state index in [0.29, 0.717) is 10.8 Å². The Bertz CT molecular complexity index is 1110. The van der Waals surface area contributed by atoms with Crippen LogP contribution in [0.15, 0.2) is 52.5 Å². The molecule has 140 valence electrons. The molecule has 27 heavy (non-hydrogen) atoms. The van der Waals surface area contributed by atoms with E-state index in [9.17, 15) is 18.5 Å². The number of hydrogen-bond acceptors (Lipinski definition) is 8. The van der Waals surface area contributed by atoms with Crippen molar-refractivity contribution in [2.45, 2.75) is 17.0 Å². The predicted octanol–water partition coefficient (Wildman–Crippen LogP) is 2.40. The van der Waals surface area contributed by atoms with Gasteiger partial charge in [0, 0.05) is 11.6 Å². The molecule has 0 radical (unpaired) electrons. The topological polar surface area (TPSA) is 133 Å². The Hall–Kier alpha value is -2.99. The highest BCUT2D eigenvalue weighted by Crippen LogP contribution is 2.27. The first-order valence-corrected chi connectivity index (χ1v) is 10.2. The van der Waals surface area contributed by atoms with Crippen molar-refractivity contribution in [3.05, 3.63) is 58.1 Å². The van der Waals surface area contributed by atoms with Gasteiger partial charge in [0.1, 0.15) is 0 Å². The van der Waals surface area contributed by atoms with Crippen molar-refractivity contribution in [1.82, 2.24) is 20.2 Å². The number of nitrogens with one attached hydrogen (secondary N) is 1. The molecule has 0 unspecified atom stereocenters. The molecule has 10 nitrogen and oxygen atoms in total. The molecule has 0 aliphatic rings. The zero-order chi connectivity index (χ0) is 19.6. The summed E-state index contributed by atoms with van der Waals surface area (Å²) in [6.07, 6.45) is 1.82. The third kappa shape index (κ3) is 3.75. The van der Waals surface area contributed by atoms with E-state index in [2.05, 4.69) is 20.2 Å². The van der Waals surface area contributed by atoms with Gasteiger partial charge in [-0.1, -0.05) is 23.9 Å². The standard InChI is InChI=1S/C15H14N6O4S2/c1-10-13(21(22)23)7-4-8-14(10)27(24,25)17-11-5-3-6-12(9-11)20-15(26-2)16-18-19-20/h3-9,17H,1-2H3. The maximum absolute atomic E-state index is 12.7. The Kier molecular flexibility index (Phi) is 5.10. The molecule has 0 bridgehead atoms. The smallest absolute Gasteiger partial charge is 0.273 e. The molecule has 2 aromatic carbocycles. The molecule has 0 amide bonds. The van der Waals surface area contributed by atoms with Gasteiger partial charge in [-0.3, -0.25) is 14.8 Å². The summed E-state index contributed by atoms with van der Waals surface area (Å²) < 4.78 is 29.4. The fraction of sp³-hybridized carbons (Fsp3) is 0.133. The molecular formula is C15H14N6O4S2. The predicted molar refractivity (Wildman–Crippen MR) is 99.6 cm³/mol. The normalized spacial score (nSPS) is 11.3. The van der Waals surface area contributed by atoms with Crippen LogP contribution in [0.5, 0.6) is 0 Å². The first kappa shape index (κ1) is 18.8. The Morgan fingerprint density at radius 3 is 2.67 bits per heavy atom. The van der Waals surface area contributed by atoms with E-state index in [4.69, 9.17) is 0 Å². The van der Waals surface area contributed by atoms with Crippen molar-refractivity contribution < 1.29 is 13.3 Å². The minimum Gasteiger partial charge on any atom is -0.280 e. The summed E-state index contributed by atoms with van der Waals surface area (Å²) in [5.74, 6) is 0. The molecule has 0 saturated carbocycles. The van der Waals surface area contributed by atoms with Gasteiger partial charge in [0.05, 0.1) is 21.2 Å². The summed E-state index contributed by atoms with van der Waals surface area (Å²) in [7, 11) is -4.02. The van der Waals surface area contributed by atoms with Crippen molar-refractivity contribution in [1.29, 1.82) is 0 Å². The summed E-state index contributed by atoms with van der Waals surface area (Å²) >= 11 is 1.34. The Morgan fingerprint density at radius 2 is 1.96 bits per heavy atom. The molecular weight excluding hydrogens is 392 g/mol. The average molecular weight is 406 g/mol. The number of nitro groups is 1. The van der Waals surface area contributed by atoms with E-state index in [0.717, 1.165) is 0 Å². The van der Waals surface area contributed by atoms with Crippen LogP contribution in [0.3, 0.4) is 0 Å². The molecule has 0 spiro atoms. The van der Waals surface area contributed by atoms with Gasteiger partial charge in [0.25, 0.3) is 15.7 Å². The van der Waals surface area contributed by atoms with Gasteiger partial charge in [0.2, 0.25) is 5.16 Å². The molecule has 0 atom stereocenters. The Morgan fingerprint density at radius 1 is 1.22 bits per heavy atom. The van der Waals surface area contributed by atoms with Crippen LogP contribution in [0, 0.1) is 17.0 Å². The maximum atomic E-state index is 12.7. The van der Waals surface area contributed by atoms with Gasteiger partial charge < -0.3 is 0 Å². The third-order valence-electron chi connectivity index (χ3n) is 3.71. The molecule has 3 aromatic rings. The first-order valence-electron chi connectivity index (χ1n) is 7.53. The number of benzene rings is 2. The second-order valence-electron chi connectivity index (χ2n) is 5.39. The van der Waals surface area contributed by atoms with Crippen LogP contribution < -0.4 is 4.72 Å². The molecule has 1 N–H and O–H groups in total. The van der Waals surface area contributed by atoms with Crippen molar-refractivity contribution >= 4 is 33.2 Å². The number of rotatable bonds is 6. The average Bonchev–Trinajstić information content (AvgIpc) is 3.10. The fourth-order valence-corrected chi connectivity index (χ4v) is 4.22. The number of tetrazole rings is 1. The van der Waals surface area contributed by atoms with Crippen molar-refractivity contribution in [3.63, 3.8) is 0 Å². The second kappa shape index (κ2) is 7.32. The van der Waals surface area contributed by atoms with Crippen LogP contribution in [-0.4, -0.2) is 39.8 Å². The number of anilines is 1. The van der Waals surface area contributed by atoms with Gasteiger partial charge in [-0.2, -0.15) is 4.68 Å². The SMILES string of the molecule is CSc1nnnn1-c1cccc(NS(=O)(=O)c2cccc([N+](=O)[O-])c2C)c1. The number of nitrogens with zero attached hydrogens (tertiary/aromatic N) is 5. The number of thioether (sulfide) groups is 1. The summed E-state index contributed by atoms with van der Waals surface area (Å²) in [5.41, 5.74) is 0.655. The zero-order valence-electron chi connectivity index (χ0n) is 14.2. The lowest BCUT2D eigenvalue weighted by molar-refractivity contribution is -0.385. The summed E-state index contributed by atoms with van der Waals surface area (Å²) in [4.78, 5) is 10.3. The van der Waals surface area contributed by atoms with Crippen LogP contribution in [0.4, 0.5) is 11.4 Å². The number of hydrogen-bond donors (Lipinski definition) is 1. The maximum Gasteiger partial charge on any atom is 0.273 e. The molecule has 0 aliphatic carbocycles. The summed E-state index contributed by atoms with van der Waals surface area (Å²) in [6.45, 7) is 1.40. The first-order chi connectivity index (χ1) is 12.8. The van der Waals surface area contributed by atoms with Gasteiger partial charge in [0.15, 0.2) is 0 Å². The van der Waals surface area contributed by atoms with Crippen LogP contribution in [-0.2, 0) is 10.0 Å². The number of nitro benzene ring substituents is 1. The monoisotopic (exact) mass is 406 g/mol. The highest BCUT2D eigenvalue weighted by molar-refractivity contribution is 7.98. The van der Waals surface area contributed by atoms with Crippen molar-refractivity contribution in [2.75, 3.05) is 11.0 Å². The number of aromatic nitrogens is 4. The summed E-state index contributed by atoms with van der Waals surface area (Å²) in [6, 6.07) is 10.4. The Balaban J connectivity index is 1.97. The van der Waals surface area contributed by atoms with E-state index in [1.165, 1.54) is 41.6 Å². The van der Waals surface area contributed by atoms with Crippen LogP contribution in [0.1, 0.15) is 5.56 Å². The van der Waals surface area contributed by atoms with E-state index in [1.807, 2.05) is 6.26 Å². The van der Waals surface area contributed by atoms with Gasteiger partial charge in [-0.05, 0) is 47.9 Å². The summed E-state index contributed by atoms with van der Waals surface area (Å²) in [5, 5.41) is 23.0. The van der Waals surface area contributed by atoms with Gasteiger partial charge in [-0.15, -0.1) is 5.10 Å². The van der Waals surface area contributed by atoms with E-state index in [-0.39, 0.29) is 21.8 Å². The highest BCUT2D eigenvalue weighted by atomic mass is 32.2. The molecule has 1 heterocycles. The van der Waals surface area contributed by atoms with E-state index in [1.54, 1.807) is 24.3 Å². The highest BCUT2D eigenvalue weighted by Gasteiger charge is 2.23. The molecule has 3 rings (SSSR count). The van der Waals surface area contributed by atoms with Crippen LogP contribution in [0.25, 0.3) is 5.69 Å². The molecule has 0 fully saturated rings. The minimum atomic E-state index is -4.02. The van der Waals surface area contributed by atoms with E-state index >= 15 is 0 Å². The lowest BCUT2D eigenvalue weighted by atomic mass is 10.2. The third-order valence-corrected chi connectivity index (χ3v) is 5.85. The van der Waals surface area contributed by atoms with Gasteiger partial charge in [-0.25, -0.2) is 8.42 Å². The molecule has 1 aromatic heterocycles. The van der Waals surface area contributed by atoms with Crippen molar-refractivity contribution in [3.8, 4) is 5.69 Å². The van der Waals surface area contributed by atoms with Crippen LogP contribution >= 0.6 is 11.8 Å². The fourth-order valence-electron chi connectivity index (χ4n) is 2.47.